The highest BCUT2D eigenvalue weighted by Crippen LogP contribution is 2.31. The van der Waals surface area contributed by atoms with Gasteiger partial charge in [0.05, 0.1) is 11.1 Å². The highest BCUT2D eigenvalue weighted by Gasteiger charge is 2.16. The van der Waals surface area contributed by atoms with E-state index in [2.05, 4.69) is 20.9 Å². The Morgan fingerprint density at radius 2 is 1.73 bits per heavy atom. The van der Waals surface area contributed by atoms with E-state index in [1.165, 1.54) is 24.3 Å². The van der Waals surface area contributed by atoms with Crippen LogP contribution < -0.4 is 0 Å². The molecule has 6 heteroatoms. The normalized spacial score (nSPS) is 11.0. The number of pyridine rings is 1. The van der Waals surface area contributed by atoms with Crippen LogP contribution in [0.4, 0.5) is 4.39 Å². The molecule has 2 heterocycles. The maximum absolute atomic E-state index is 13.5. The number of nitrogens with zero attached hydrogens (tertiary/aromatic N) is 1. The maximum Gasteiger partial charge on any atom is 0.336 e. The monoisotopic (exact) mass is 411 g/mol. The van der Waals surface area contributed by atoms with Crippen LogP contribution in [-0.4, -0.2) is 16.1 Å². The van der Waals surface area contributed by atoms with Gasteiger partial charge in [0, 0.05) is 15.4 Å². The van der Waals surface area contributed by atoms with Crippen molar-refractivity contribution >= 4 is 32.8 Å². The molecule has 0 saturated heterocycles. The smallest absolute Gasteiger partial charge is 0.336 e. The van der Waals surface area contributed by atoms with Gasteiger partial charge in [-0.2, -0.15) is 0 Å². The van der Waals surface area contributed by atoms with Crippen LogP contribution in [0, 0.1) is 5.82 Å². The van der Waals surface area contributed by atoms with E-state index < -0.39 is 11.8 Å². The summed E-state index contributed by atoms with van der Waals surface area (Å²) < 4.78 is 20.3. The lowest BCUT2D eigenvalue weighted by Gasteiger charge is -2.05. The second-order valence-corrected chi connectivity index (χ2v) is 6.61. The van der Waals surface area contributed by atoms with Gasteiger partial charge in [-0.15, -0.1) is 0 Å². The first-order chi connectivity index (χ1) is 12.5. The molecule has 26 heavy (non-hydrogen) atoms. The third kappa shape index (κ3) is 2.99. The quantitative estimate of drug-likeness (QED) is 0.465. The van der Waals surface area contributed by atoms with Crippen molar-refractivity contribution in [2.24, 2.45) is 0 Å². The minimum Gasteiger partial charge on any atom is -0.478 e. The number of carbonyl (C=O) groups is 1. The summed E-state index contributed by atoms with van der Waals surface area (Å²) in [4.78, 5) is 16.0. The van der Waals surface area contributed by atoms with Crippen LogP contribution in [0.1, 0.15) is 10.4 Å². The van der Waals surface area contributed by atoms with E-state index in [0.717, 1.165) is 10.0 Å². The van der Waals surface area contributed by atoms with Gasteiger partial charge in [0.2, 0.25) is 0 Å². The number of rotatable bonds is 3. The van der Waals surface area contributed by atoms with Crippen molar-refractivity contribution in [3.63, 3.8) is 0 Å². The Balaban J connectivity index is 1.83. The molecule has 0 aliphatic rings. The average molecular weight is 412 g/mol. The van der Waals surface area contributed by atoms with Crippen LogP contribution in [0.2, 0.25) is 0 Å². The average Bonchev–Trinajstić information content (AvgIpc) is 3.11. The molecule has 4 nitrogen and oxygen atoms in total. The van der Waals surface area contributed by atoms with Gasteiger partial charge in [-0.1, -0.05) is 28.1 Å². The maximum atomic E-state index is 13.5. The fourth-order valence-corrected chi connectivity index (χ4v) is 3.01. The first kappa shape index (κ1) is 16.5. The molecular weight excluding hydrogens is 401 g/mol. The van der Waals surface area contributed by atoms with E-state index in [9.17, 15) is 14.3 Å². The summed E-state index contributed by atoms with van der Waals surface area (Å²) in [6, 6.07) is 16.4. The molecule has 128 valence electrons. The summed E-state index contributed by atoms with van der Waals surface area (Å²) >= 11 is 3.39. The zero-order valence-corrected chi connectivity index (χ0v) is 14.8. The third-order valence-corrected chi connectivity index (χ3v) is 4.52. The molecule has 0 bridgehead atoms. The summed E-state index contributed by atoms with van der Waals surface area (Å²) in [7, 11) is 0. The molecule has 0 saturated carbocycles. The Hall–Kier alpha value is -2.99. The number of aromatic nitrogens is 1. The van der Waals surface area contributed by atoms with Crippen LogP contribution >= 0.6 is 15.9 Å². The summed E-state index contributed by atoms with van der Waals surface area (Å²) in [5.74, 6) is -0.573. The fraction of sp³-hybridized carbons (Fsp3) is 0. The van der Waals surface area contributed by atoms with E-state index in [0.29, 0.717) is 22.7 Å². The van der Waals surface area contributed by atoms with E-state index in [-0.39, 0.29) is 10.9 Å². The first-order valence-corrected chi connectivity index (χ1v) is 8.50. The number of fused-ring (bicyclic) bond motifs is 1. The third-order valence-electron chi connectivity index (χ3n) is 3.99. The lowest BCUT2D eigenvalue weighted by Crippen LogP contribution is -2.00. The van der Waals surface area contributed by atoms with Crippen molar-refractivity contribution in [3.05, 3.63) is 76.5 Å². The molecule has 1 N–H and O–H groups in total. The van der Waals surface area contributed by atoms with E-state index in [4.69, 9.17) is 4.42 Å². The van der Waals surface area contributed by atoms with Crippen molar-refractivity contribution < 1.29 is 18.7 Å². The first-order valence-electron chi connectivity index (χ1n) is 7.71. The largest absolute Gasteiger partial charge is 0.478 e. The van der Waals surface area contributed by atoms with Gasteiger partial charge in [0.1, 0.15) is 17.3 Å². The standard InChI is InChI=1S/C20H11BrFNO3/c21-12-3-1-11(2-4-12)18-7-8-19(26-18)17-10-15(20(24)25)14-9-13(22)5-6-16(14)23-17/h1-10H,(H,24,25). The molecule has 0 amide bonds. The molecule has 0 unspecified atom stereocenters. The van der Waals surface area contributed by atoms with Crippen LogP contribution in [0.5, 0.6) is 0 Å². The Bertz CT molecular complexity index is 1140. The molecule has 4 rings (SSSR count). The Kier molecular flexibility index (Phi) is 4.05. The number of aromatic carboxylic acids is 1. The summed E-state index contributed by atoms with van der Waals surface area (Å²) in [6.07, 6.45) is 0. The van der Waals surface area contributed by atoms with Crippen LogP contribution in [0.15, 0.2) is 69.6 Å². The van der Waals surface area contributed by atoms with Gasteiger partial charge in [0.15, 0.2) is 5.76 Å². The van der Waals surface area contributed by atoms with Crippen molar-refractivity contribution in [1.29, 1.82) is 0 Å². The SMILES string of the molecule is O=C(O)c1cc(-c2ccc(-c3ccc(Br)cc3)o2)nc2ccc(F)cc12. The zero-order chi connectivity index (χ0) is 18.3. The molecule has 0 aliphatic heterocycles. The van der Waals surface area contributed by atoms with Crippen molar-refractivity contribution in [1.82, 2.24) is 4.98 Å². The lowest BCUT2D eigenvalue weighted by atomic mass is 10.1. The van der Waals surface area contributed by atoms with Crippen molar-refractivity contribution in [2.75, 3.05) is 0 Å². The van der Waals surface area contributed by atoms with Crippen LogP contribution in [0.3, 0.4) is 0 Å². The Morgan fingerprint density at radius 1 is 1.00 bits per heavy atom. The number of furan rings is 1. The molecule has 0 aliphatic carbocycles. The van der Waals surface area contributed by atoms with Gasteiger partial charge in [-0.25, -0.2) is 14.2 Å². The van der Waals surface area contributed by atoms with Crippen molar-refractivity contribution in [3.8, 4) is 22.8 Å². The number of benzene rings is 2. The number of carboxylic acid groups (broad SMARTS) is 1. The number of halogens is 2. The lowest BCUT2D eigenvalue weighted by molar-refractivity contribution is 0.0699. The molecule has 2 aromatic carbocycles. The minimum absolute atomic E-state index is 0.0221. The highest BCUT2D eigenvalue weighted by molar-refractivity contribution is 9.10. The summed E-state index contributed by atoms with van der Waals surface area (Å²) in [5.41, 5.74) is 1.64. The number of hydrogen-bond donors (Lipinski definition) is 1. The van der Waals surface area contributed by atoms with E-state index >= 15 is 0 Å². The van der Waals surface area contributed by atoms with Crippen molar-refractivity contribution in [2.45, 2.75) is 0 Å². The highest BCUT2D eigenvalue weighted by atomic mass is 79.9. The Labute approximate surface area is 156 Å². The summed E-state index contributed by atoms with van der Waals surface area (Å²) in [5, 5.41) is 9.72. The molecule has 0 atom stereocenters. The molecule has 0 spiro atoms. The second kappa shape index (κ2) is 6.38. The van der Waals surface area contributed by atoms with E-state index in [1.807, 2.05) is 24.3 Å². The molecule has 2 aromatic heterocycles. The second-order valence-electron chi connectivity index (χ2n) is 5.69. The number of carboxylic acids is 1. The van der Waals surface area contributed by atoms with Gasteiger partial charge in [0.25, 0.3) is 0 Å². The molecular formula is C20H11BrFNO3. The molecule has 0 fully saturated rings. The van der Waals surface area contributed by atoms with Crippen LogP contribution in [-0.2, 0) is 0 Å². The predicted octanol–water partition coefficient (Wildman–Crippen LogP) is 5.76. The summed E-state index contributed by atoms with van der Waals surface area (Å²) in [6.45, 7) is 0. The van der Waals surface area contributed by atoms with Gasteiger partial charge >= 0.3 is 5.97 Å². The molecule has 4 aromatic rings. The fourth-order valence-electron chi connectivity index (χ4n) is 2.75. The Morgan fingerprint density at radius 3 is 2.46 bits per heavy atom. The predicted molar refractivity (Wildman–Crippen MR) is 99.5 cm³/mol. The number of hydrogen-bond acceptors (Lipinski definition) is 3. The minimum atomic E-state index is -1.15. The topological polar surface area (TPSA) is 63.3 Å². The van der Waals surface area contributed by atoms with Crippen LogP contribution in [0.25, 0.3) is 33.7 Å². The van der Waals surface area contributed by atoms with E-state index in [1.54, 1.807) is 12.1 Å². The van der Waals surface area contributed by atoms with Gasteiger partial charge in [-0.3, -0.25) is 0 Å². The van der Waals surface area contributed by atoms with Gasteiger partial charge in [-0.05, 0) is 48.5 Å². The van der Waals surface area contributed by atoms with Gasteiger partial charge < -0.3 is 9.52 Å². The zero-order valence-electron chi connectivity index (χ0n) is 13.2. The molecule has 0 radical (unpaired) electrons.